The first-order valence-corrected chi connectivity index (χ1v) is 6.70. The Morgan fingerprint density at radius 2 is 2.41 bits per heavy atom. The molecule has 0 radical (unpaired) electrons. The van der Waals surface area contributed by atoms with E-state index in [4.69, 9.17) is 5.11 Å². The van der Waals surface area contributed by atoms with Crippen molar-refractivity contribution in [2.24, 2.45) is 0 Å². The van der Waals surface area contributed by atoms with Gasteiger partial charge >= 0.3 is 5.97 Å². The van der Waals surface area contributed by atoms with Crippen LogP contribution in [0.15, 0.2) is 5.51 Å². The molecule has 1 aromatic rings. The summed E-state index contributed by atoms with van der Waals surface area (Å²) in [4.78, 5) is 18.3. The molecule has 1 aliphatic rings. The second-order valence-electron chi connectivity index (χ2n) is 4.17. The van der Waals surface area contributed by atoms with Gasteiger partial charge in [0.15, 0.2) is 0 Å². The lowest BCUT2D eigenvalue weighted by atomic mass is 10.2. The van der Waals surface area contributed by atoms with E-state index in [1.165, 1.54) is 0 Å². The molecule has 0 saturated carbocycles. The summed E-state index contributed by atoms with van der Waals surface area (Å²) in [6.45, 7) is 4.99. The van der Waals surface area contributed by atoms with Gasteiger partial charge in [0.1, 0.15) is 0 Å². The molecule has 2 heterocycles. The monoisotopic (exact) mass is 255 g/mol. The quantitative estimate of drug-likeness (QED) is 0.823. The molecule has 1 fully saturated rings. The van der Waals surface area contributed by atoms with E-state index in [1.807, 2.05) is 0 Å². The van der Waals surface area contributed by atoms with Crippen LogP contribution < -0.4 is 5.32 Å². The summed E-state index contributed by atoms with van der Waals surface area (Å²) in [7, 11) is 0. The Kier molecular flexibility index (Phi) is 4.47. The van der Waals surface area contributed by atoms with Crippen LogP contribution in [0.2, 0.25) is 0 Å². The van der Waals surface area contributed by atoms with Crippen molar-refractivity contribution in [2.75, 3.05) is 26.2 Å². The number of hydrogen-bond acceptors (Lipinski definition) is 5. The van der Waals surface area contributed by atoms with Gasteiger partial charge in [-0.25, -0.2) is 4.98 Å². The topological polar surface area (TPSA) is 65.5 Å². The molecule has 17 heavy (non-hydrogen) atoms. The third-order valence-electron chi connectivity index (χ3n) is 2.84. The molecule has 2 N–H and O–H groups in total. The Labute approximate surface area is 104 Å². The Morgan fingerprint density at radius 1 is 1.53 bits per heavy atom. The van der Waals surface area contributed by atoms with Crippen molar-refractivity contribution in [3.8, 4) is 0 Å². The summed E-state index contributed by atoms with van der Waals surface area (Å²) in [5.74, 6) is -0.810. The van der Waals surface area contributed by atoms with Crippen LogP contribution in [-0.4, -0.2) is 47.1 Å². The van der Waals surface area contributed by atoms with Gasteiger partial charge in [-0.15, -0.1) is 11.3 Å². The lowest BCUT2D eigenvalue weighted by molar-refractivity contribution is -0.136. The van der Waals surface area contributed by atoms with Crippen molar-refractivity contribution >= 4 is 17.3 Å². The second kappa shape index (κ2) is 6.09. The van der Waals surface area contributed by atoms with Gasteiger partial charge in [-0.05, 0) is 19.5 Å². The fraction of sp³-hybridized carbons (Fsp3) is 0.636. The van der Waals surface area contributed by atoms with Gasteiger partial charge in [0.2, 0.25) is 0 Å². The van der Waals surface area contributed by atoms with Crippen molar-refractivity contribution < 1.29 is 9.90 Å². The molecule has 0 atom stereocenters. The summed E-state index contributed by atoms with van der Waals surface area (Å²) in [5.41, 5.74) is 2.46. The Balaban J connectivity index is 1.97. The van der Waals surface area contributed by atoms with E-state index in [-0.39, 0.29) is 6.42 Å². The first-order chi connectivity index (χ1) is 8.25. The molecule has 2 rings (SSSR count). The molecule has 0 unspecified atom stereocenters. The summed E-state index contributed by atoms with van der Waals surface area (Å²) in [6.07, 6.45) is 1.18. The number of nitrogens with zero attached hydrogens (tertiary/aromatic N) is 2. The van der Waals surface area contributed by atoms with E-state index >= 15 is 0 Å². The average molecular weight is 255 g/mol. The maximum atomic E-state index is 10.7. The minimum atomic E-state index is -0.810. The Bertz CT molecular complexity index is 373. The number of carboxylic acids is 1. The molecule has 94 valence electrons. The highest BCUT2D eigenvalue weighted by atomic mass is 32.1. The first-order valence-electron chi connectivity index (χ1n) is 5.82. The van der Waals surface area contributed by atoms with Gasteiger partial charge in [-0.2, -0.15) is 0 Å². The number of aromatic nitrogens is 1. The molecule has 0 amide bonds. The first kappa shape index (κ1) is 12.5. The van der Waals surface area contributed by atoms with Crippen LogP contribution in [0.5, 0.6) is 0 Å². The SMILES string of the molecule is O=C(O)Cc1ncsc1CN1CCCNCC1. The normalized spacial score (nSPS) is 17.9. The second-order valence-corrected chi connectivity index (χ2v) is 5.11. The van der Waals surface area contributed by atoms with Crippen LogP contribution in [-0.2, 0) is 17.8 Å². The number of carbonyl (C=O) groups is 1. The van der Waals surface area contributed by atoms with Crippen molar-refractivity contribution in [3.63, 3.8) is 0 Å². The fourth-order valence-electron chi connectivity index (χ4n) is 1.97. The summed E-state index contributed by atoms with van der Waals surface area (Å²) >= 11 is 1.56. The summed E-state index contributed by atoms with van der Waals surface area (Å²) in [5, 5.41) is 12.2. The third-order valence-corrected chi connectivity index (χ3v) is 3.70. The van der Waals surface area contributed by atoms with Gasteiger partial charge in [0.25, 0.3) is 0 Å². The van der Waals surface area contributed by atoms with Gasteiger partial charge in [-0.1, -0.05) is 0 Å². The maximum Gasteiger partial charge on any atom is 0.309 e. The molecule has 1 saturated heterocycles. The van der Waals surface area contributed by atoms with Crippen molar-refractivity contribution in [1.82, 2.24) is 15.2 Å². The van der Waals surface area contributed by atoms with Gasteiger partial charge in [-0.3, -0.25) is 9.69 Å². The molecule has 0 aromatic carbocycles. The van der Waals surface area contributed by atoms with Crippen LogP contribution in [0, 0.1) is 0 Å². The molecule has 6 heteroatoms. The smallest absolute Gasteiger partial charge is 0.309 e. The molecule has 5 nitrogen and oxygen atoms in total. The molecular formula is C11H17N3O2S. The van der Waals surface area contributed by atoms with E-state index in [1.54, 1.807) is 16.8 Å². The zero-order valence-electron chi connectivity index (χ0n) is 9.69. The van der Waals surface area contributed by atoms with E-state index < -0.39 is 5.97 Å². The largest absolute Gasteiger partial charge is 0.481 e. The minimum Gasteiger partial charge on any atom is -0.481 e. The zero-order valence-corrected chi connectivity index (χ0v) is 10.5. The van der Waals surface area contributed by atoms with Crippen LogP contribution in [0.3, 0.4) is 0 Å². The molecule has 0 spiro atoms. The molecular weight excluding hydrogens is 238 g/mol. The summed E-state index contributed by atoms with van der Waals surface area (Å²) < 4.78 is 0. The van der Waals surface area contributed by atoms with Crippen molar-refractivity contribution in [3.05, 3.63) is 16.1 Å². The van der Waals surface area contributed by atoms with E-state index in [2.05, 4.69) is 15.2 Å². The number of carboxylic acid groups (broad SMARTS) is 1. The number of hydrogen-bond donors (Lipinski definition) is 2. The number of nitrogens with one attached hydrogen (secondary N) is 1. The van der Waals surface area contributed by atoms with Crippen LogP contribution >= 0.6 is 11.3 Å². The number of thiazole rings is 1. The van der Waals surface area contributed by atoms with Gasteiger partial charge in [0, 0.05) is 24.5 Å². The molecule has 0 bridgehead atoms. The van der Waals surface area contributed by atoms with Crippen molar-refractivity contribution in [1.29, 1.82) is 0 Å². The Morgan fingerprint density at radius 3 is 3.24 bits per heavy atom. The minimum absolute atomic E-state index is 0.0327. The zero-order chi connectivity index (χ0) is 12.1. The highest BCUT2D eigenvalue weighted by Crippen LogP contribution is 2.17. The maximum absolute atomic E-state index is 10.7. The molecule has 1 aliphatic heterocycles. The Hall–Kier alpha value is -0.980. The highest BCUT2D eigenvalue weighted by molar-refractivity contribution is 7.09. The predicted molar refractivity (Wildman–Crippen MR) is 66.2 cm³/mol. The number of rotatable bonds is 4. The third kappa shape index (κ3) is 3.76. The van der Waals surface area contributed by atoms with Gasteiger partial charge < -0.3 is 10.4 Å². The lowest BCUT2D eigenvalue weighted by Crippen LogP contribution is -2.27. The van der Waals surface area contributed by atoms with Gasteiger partial charge in [0.05, 0.1) is 17.6 Å². The molecule has 0 aliphatic carbocycles. The van der Waals surface area contributed by atoms with Crippen LogP contribution in [0.25, 0.3) is 0 Å². The van der Waals surface area contributed by atoms with Crippen molar-refractivity contribution in [2.45, 2.75) is 19.4 Å². The van der Waals surface area contributed by atoms with Crippen LogP contribution in [0.4, 0.5) is 0 Å². The lowest BCUT2D eigenvalue weighted by Gasteiger charge is -2.18. The van der Waals surface area contributed by atoms with E-state index in [0.29, 0.717) is 0 Å². The number of aliphatic carboxylic acids is 1. The predicted octanol–water partition coefficient (Wildman–Crippen LogP) is 0.565. The summed E-state index contributed by atoms with van der Waals surface area (Å²) in [6, 6.07) is 0. The van der Waals surface area contributed by atoms with Crippen LogP contribution in [0.1, 0.15) is 17.0 Å². The molecule has 1 aromatic heterocycles. The average Bonchev–Trinajstić information content (AvgIpc) is 2.55. The van der Waals surface area contributed by atoms with E-state index in [9.17, 15) is 4.79 Å². The van der Waals surface area contributed by atoms with E-state index in [0.717, 1.165) is 49.7 Å². The highest BCUT2D eigenvalue weighted by Gasteiger charge is 2.14. The standard InChI is InChI=1S/C11H17N3O2S/c15-11(16)6-9-10(17-8-13-9)7-14-4-1-2-12-3-5-14/h8,12H,1-7H2,(H,15,16). The fourth-order valence-corrected chi connectivity index (χ4v) is 2.80.